The van der Waals surface area contributed by atoms with Crippen molar-refractivity contribution in [2.24, 2.45) is 0 Å². The summed E-state index contributed by atoms with van der Waals surface area (Å²) in [7, 11) is 0. The van der Waals surface area contributed by atoms with E-state index in [9.17, 15) is 14.4 Å². The normalized spacial score (nSPS) is 10.9. The molecule has 3 aromatic rings. The van der Waals surface area contributed by atoms with E-state index >= 15 is 0 Å². The van der Waals surface area contributed by atoms with Crippen molar-refractivity contribution < 1.29 is 14.0 Å². The van der Waals surface area contributed by atoms with Gasteiger partial charge in [0.15, 0.2) is 11.4 Å². The molecule has 0 fully saturated rings. The Bertz CT molecular complexity index is 969. The van der Waals surface area contributed by atoms with Gasteiger partial charge >= 0.3 is 5.76 Å². The fourth-order valence-corrected chi connectivity index (χ4v) is 2.69. The molecule has 1 amide bonds. The third-order valence-corrected chi connectivity index (χ3v) is 3.90. The molecule has 1 aromatic carbocycles. The first kappa shape index (κ1) is 15.1. The molecule has 2 aromatic heterocycles. The van der Waals surface area contributed by atoms with Crippen molar-refractivity contribution in [3.05, 3.63) is 39.3 Å². The second-order valence-electron chi connectivity index (χ2n) is 4.87. The lowest BCUT2D eigenvalue weighted by molar-refractivity contribution is -0.116. The van der Waals surface area contributed by atoms with Crippen LogP contribution >= 0.6 is 11.3 Å². The average molecular weight is 332 g/mol. The number of rotatable bonds is 4. The van der Waals surface area contributed by atoms with E-state index in [0.29, 0.717) is 16.2 Å². The van der Waals surface area contributed by atoms with Crippen LogP contribution in [0.2, 0.25) is 0 Å². The lowest BCUT2D eigenvalue weighted by Gasteiger charge is -2.02. The summed E-state index contributed by atoms with van der Waals surface area (Å²) in [6.45, 7) is 2.98. The van der Waals surface area contributed by atoms with E-state index in [1.807, 2.05) is 0 Å². The topological polar surface area (TPSA) is 107 Å². The molecule has 0 spiro atoms. The third kappa shape index (κ3) is 3.04. The van der Waals surface area contributed by atoms with Crippen LogP contribution in [0, 0.1) is 6.92 Å². The summed E-state index contributed by atoms with van der Waals surface area (Å²) < 4.78 is 6.29. The van der Waals surface area contributed by atoms with Gasteiger partial charge in [-0.05, 0) is 32.0 Å². The van der Waals surface area contributed by atoms with Gasteiger partial charge in [0.1, 0.15) is 11.6 Å². The average Bonchev–Trinajstić information content (AvgIpc) is 3.02. The largest absolute Gasteiger partial charge is 0.420 e. The molecule has 118 valence electrons. The Kier molecular flexibility index (Phi) is 3.78. The van der Waals surface area contributed by atoms with Crippen LogP contribution < -0.4 is 11.1 Å². The van der Waals surface area contributed by atoms with E-state index in [-0.39, 0.29) is 17.9 Å². The Balaban J connectivity index is 1.87. The minimum absolute atomic E-state index is 0.133. The zero-order valence-corrected chi connectivity index (χ0v) is 13.1. The molecule has 0 aliphatic rings. The summed E-state index contributed by atoms with van der Waals surface area (Å²) in [6.07, 6.45) is 0. The molecular weight excluding hydrogens is 320 g/mol. The molecule has 0 aliphatic heterocycles. The Morgan fingerprint density at radius 3 is 2.78 bits per heavy atom. The highest BCUT2D eigenvalue weighted by Gasteiger charge is 2.15. The van der Waals surface area contributed by atoms with Crippen molar-refractivity contribution in [3.63, 3.8) is 0 Å². The van der Waals surface area contributed by atoms with Crippen LogP contribution in [-0.4, -0.2) is 26.5 Å². The van der Waals surface area contributed by atoms with Gasteiger partial charge in [0.2, 0.25) is 11.0 Å². The van der Waals surface area contributed by atoms with Gasteiger partial charge in [0.05, 0.1) is 5.52 Å². The maximum atomic E-state index is 12.0. The number of oxazole rings is 1. The van der Waals surface area contributed by atoms with Gasteiger partial charge in [-0.1, -0.05) is 11.3 Å². The molecule has 0 saturated heterocycles. The van der Waals surface area contributed by atoms with Crippen LogP contribution in [0.25, 0.3) is 11.1 Å². The van der Waals surface area contributed by atoms with E-state index in [2.05, 4.69) is 15.5 Å². The van der Waals surface area contributed by atoms with Crippen molar-refractivity contribution in [2.45, 2.75) is 20.4 Å². The Morgan fingerprint density at radius 1 is 1.35 bits per heavy atom. The van der Waals surface area contributed by atoms with Gasteiger partial charge in [-0.25, -0.2) is 4.79 Å². The van der Waals surface area contributed by atoms with E-state index in [4.69, 9.17) is 4.42 Å². The van der Waals surface area contributed by atoms with Crippen LogP contribution in [0.5, 0.6) is 0 Å². The van der Waals surface area contributed by atoms with Crippen LogP contribution in [-0.2, 0) is 11.3 Å². The monoisotopic (exact) mass is 332 g/mol. The van der Waals surface area contributed by atoms with E-state index in [0.717, 1.165) is 5.01 Å². The zero-order chi connectivity index (χ0) is 16.6. The number of anilines is 1. The maximum Gasteiger partial charge on any atom is 0.420 e. The number of hydrogen-bond acceptors (Lipinski definition) is 7. The first-order chi connectivity index (χ1) is 10.9. The number of nitrogens with zero attached hydrogens (tertiary/aromatic N) is 3. The molecule has 9 heteroatoms. The minimum atomic E-state index is -0.663. The molecule has 0 radical (unpaired) electrons. The first-order valence-corrected chi connectivity index (χ1v) is 7.50. The van der Waals surface area contributed by atoms with Gasteiger partial charge in [0, 0.05) is 5.56 Å². The summed E-state index contributed by atoms with van der Waals surface area (Å²) in [5.74, 6) is -1.21. The summed E-state index contributed by atoms with van der Waals surface area (Å²) in [5.41, 5.74) is 1.15. The molecular formula is C14H12N4O4S. The molecule has 0 bridgehead atoms. The Labute approximate surface area is 133 Å². The standard InChI is InChI=1S/C14H12N4O4S/c1-7(19)9-3-4-10-11(5-9)22-14(21)18(10)6-12(20)15-13-17-16-8(2)23-13/h3-5H,6H2,1-2H3,(H,15,17,20). The molecule has 2 heterocycles. The summed E-state index contributed by atoms with van der Waals surface area (Å²) >= 11 is 1.24. The van der Waals surface area contributed by atoms with Crippen molar-refractivity contribution in [2.75, 3.05) is 5.32 Å². The summed E-state index contributed by atoms with van der Waals surface area (Å²) in [4.78, 5) is 35.3. The van der Waals surface area contributed by atoms with E-state index in [1.165, 1.54) is 28.9 Å². The molecule has 23 heavy (non-hydrogen) atoms. The van der Waals surface area contributed by atoms with Gasteiger partial charge in [-0.3, -0.25) is 19.5 Å². The number of carbonyl (C=O) groups excluding carboxylic acids is 2. The van der Waals surface area contributed by atoms with E-state index in [1.54, 1.807) is 19.1 Å². The highest BCUT2D eigenvalue weighted by Crippen LogP contribution is 2.17. The van der Waals surface area contributed by atoms with E-state index < -0.39 is 11.7 Å². The lowest BCUT2D eigenvalue weighted by atomic mass is 10.1. The zero-order valence-electron chi connectivity index (χ0n) is 12.3. The molecule has 8 nitrogen and oxygen atoms in total. The SMILES string of the molecule is CC(=O)c1ccc2c(c1)oc(=O)n2CC(=O)Nc1nnc(C)s1. The predicted octanol–water partition coefficient (Wildman–Crippen LogP) is 1.60. The van der Waals surface area contributed by atoms with Crippen molar-refractivity contribution in [3.8, 4) is 0 Å². The maximum absolute atomic E-state index is 12.0. The number of amides is 1. The van der Waals surface area contributed by atoms with Crippen LogP contribution in [0.1, 0.15) is 22.3 Å². The smallest absolute Gasteiger partial charge is 0.408 e. The van der Waals surface area contributed by atoms with Gasteiger partial charge in [0.25, 0.3) is 0 Å². The number of aryl methyl sites for hydroxylation is 1. The minimum Gasteiger partial charge on any atom is -0.408 e. The number of benzene rings is 1. The van der Waals surface area contributed by atoms with Crippen molar-refractivity contribution in [1.29, 1.82) is 0 Å². The second-order valence-corrected chi connectivity index (χ2v) is 6.05. The molecule has 1 N–H and O–H groups in total. The van der Waals surface area contributed by atoms with Crippen LogP contribution in [0.3, 0.4) is 0 Å². The third-order valence-electron chi connectivity index (χ3n) is 3.15. The van der Waals surface area contributed by atoms with Crippen LogP contribution in [0.15, 0.2) is 27.4 Å². The number of Topliss-reactive ketones (excluding diaryl/α,β-unsaturated/α-hetero) is 1. The predicted molar refractivity (Wildman–Crippen MR) is 83.8 cm³/mol. The highest BCUT2D eigenvalue weighted by molar-refractivity contribution is 7.15. The van der Waals surface area contributed by atoms with Gasteiger partial charge in [-0.15, -0.1) is 10.2 Å². The summed E-state index contributed by atoms with van der Waals surface area (Å²) in [5, 5.41) is 11.3. The van der Waals surface area contributed by atoms with Crippen LogP contribution in [0.4, 0.5) is 5.13 Å². The molecule has 0 saturated carbocycles. The number of fused-ring (bicyclic) bond motifs is 1. The molecule has 0 atom stereocenters. The lowest BCUT2D eigenvalue weighted by Crippen LogP contribution is -2.24. The first-order valence-electron chi connectivity index (χ1n) is 6.68. The number of nitrogens with one attached hydrogen (secondary N) is 1. The fourth-order valence-electron chi connectivity index (χ4n) is 2.08. The van der Waals surface area contributed by atoms with Gasteiger partial charge < -0.3 is 4.42 Å². The van der Waals surface area contributed by atoms with Crippen molar-refractivity contribution >= 4 is 39.3 Å². The quantitative estimate of drug-likeness (QED) is 0.727. The number of aromatic nitrogens is 3. The van der Waals surface area contributed by atoms with Gasteiger partial charge in [-0.2, -0.15) is 0 Å². The Hall–Kier alpha value is -2.81. The second kappa shape index (κ2) is 5.76. The van der Waals surface area contributed by atoms with Crippen molar-refractivity contribution in [1.82, 2.24) is 14.8 Å². The highest BCUT2D eigenvalue weighted by atomic mass is 32.1. The number of carbonyl (C=O) groups is 2. The number of ketones is 1. The molecule has 0 aliphatic carbocycles. The summed E-state index contributed by atoms with van der Waals surface area (Å²) in [6, 6.07) is 4.66. The molecule has 0 unspecified atom stereocenters. The molecule has 3 rings (SSSR count). The number of hydrogen-bond donors (Lipinski definition) is 1. The Morgan fingerprint density at radius 2 is 2.13 bits per heavy atom. The fraction of sp³-hybridized carbons (Fsp3) is 0.214.